The fraction of sp³-hybridized carbons (Fsp3) is 0.350. The van der Waals surface area contributed by atoms with Crippen LogP contribution >= 0.6 is 0 Å². The Morgan fingerprint density at radius 3 is 2.59 bits per heavy atom. The molecule has 1 aliphatic heterocycles. The number of benzene rings is 1. The van der Waals surface area contributed by atoms with Crippen LogP contribution in [0, 0.1) is 13.8 Å². The largest absolute Gasteiger partial charge is 0.373 e. The lowest BCUT2D eigenvalue weighted by atomic mass is 10.1. The van der Waals surface area contributed by atoms with Gasteiger partial charge in [-0.1, -0.05) is 6.07 Å². The predicted octanol–water partition coefficient (Wildman–Crippen LogP) is 3.66. The van der Waals surface area contributed by atoms with Gasteiger partial charge >= 0.3 is 0 Å². The van der Waals surface area contributed by atoms with Crippen LogP contribution in [-0.4, -0.2) is 39.9 Å². The third-order valence-corrected chi connectivity index (χ3v) is 4.91. The van der Waals surface area contributed by atoms with Gasteiger partial charge in [0, 0.05) is 43.6 Å². The maximum absolute atomic E-state index is 4.61. The highest BCUT2D eigenvalue weighted by Gasteiger charge is 2.15. The molecule has 7 heteroatoms. The maximum atomic E-state index is 4.61. The molecule has 0 spiro atoms. The minimum atomic E-state index is 0.721. The van der Waals surface area contributed by atoms with E-state index in [-0.39, 0.29) is 0 Å². The summed E-state index contributed by atoms with van der Waals surface area (Å²) >= 11 is 0. The lowest BCUT2D eigenvalue weighted by molar-refractivity contribution is 0.833. The summed E-state index contributed by atoms with van der Waals surface area (Å²) in [5.41, 5.74) is 4.48. The fourth-order valence-electron chi connectivity index (χ4n) is 3.42. The van der Waals surface area contributed by atoms with Gasteiger partial charge < -0.3 is 15.5 Å². The lowest BCUT2D eigenvalue weighted by Gasteiger charge is -2.20. The fourth-order valence-corrected chi connectivity index (χ4v) is 3.42. The van der Waals surface area contributed by atoms with E-state index in [9.17, 15) is 0 Å². The summed E-state index contributed by atoms with van der Waals surface area (Å²) in [6, 6.07) is 10.5. The first kappa shape index (κ1) is 17.3. The summed E-state index contributed by atoms with van der Waals surface area (Å²) in [5, 5.41) is 11.2. The Morgan fingerprint density at radius 1 is 1.00 bits per heavy atom. The summed E-state index contributed by atoms with van der Waals surface area (Å²) in [4.78, 5) is 11.0. The number of aromatic nitrogens is 4. The smallest absolute Gasteiger partial charge is 0.161 e. The van der Waals surface area contributed by atoms with Gasteiger partial charge in [-0.25, -0.2) is 9.97 Å². The Bertz CT molecular complexity index is 941. The molecule has 140 valence electrons. The Hall–Kier alpha value is -3.09. The van der Waals surface area contributed by atoms with Crippen LogP contribution in [0.5, 0.6) is 0 Å². The van der Waals surface area contributed by atoms with Crippen molar-refractivity contribution in [1.29, 1.82) is 0 Å². The SMILES string of the molecule is CNc1cc(-n2nc(C)cc2Nc2cc(N3CCCC3)ccc2C)ncn1. The zero-order valence-corrected chi connectivity index (χ0v) is 16.0. The molecular weight excluding hydrogens is 338 g/mol. The van der Waals surface area contributed by atoms with Crippen LogP contribution < -0.4 is 15.5 Å². The molecule has 2 aromatic heterocycles. The topological polar surface area (TPSA) is 70.9 Å². The van der Waals surface area contributed by atoms with Gasteiger partial charge in [-0.3, -0.25) is 0 Å². The number of aryl methyl sites for hydroxylation is 2. The van der Waals surface area contributed by atoms with Crippen molar-refractivity contribution in [2.24, 2.45) is 0 Å². The second-order valence-electron chi connectivity index (χ2n) is 6.91. The molecule has 0 radical (unpaired) electrons. The van der Waals surface area contributed by atoms with Crippen molar-refractivity contribution in [3.8, 4) is 5.82 Å². The van der Waals surface area contributed by atoms with E-state index in [2.05, 4.69) is 55.7 Å². The second kappa shape index (κ2) is 7.26. The van der Waals surface area contributed by atoms with Crippen molar-refractivity contribution in [3.05, 3.63) is 47.9 Å². The van der Waals surface area contributed by atoms with E-state index < -0.39 is 0 Å². The minimum Gasteiger partial charge on any atom is -0.373 e. The Labute approximate surface area is 159 Å². The molecule has 0 amide bonds. The van der Waals surface area contributed by atoms with Crippen LogP contribution in [0.15, 0.2) is 36.7 Å². The van der Waals surface area contributed by atoms with E-state index in [1.807, 2.05) is 30.8 Å². The molecule has 0 atom stereocenters. The molecule has 27 heavy (non-hydrogen) atoms. The zero-order valence-electron chi connectivity index (χ0n) is 16.0. The molecule has 0 aliphatic carbocycles. The summed E-state index contributed by atoms with van der Waals surface area (Å²) < 4.78 is 1.82. The normalized spacial score (nSPS) is 13.8. The monoisotopic (exact) mass is 363 g/mol. The highest BCUT2D eigenvalue weighted by Crippen LogP contribution is 2.29. The Balaban J connectivity index is 1.68. The molecule has 1 aromatic carbocycles. The van der Waals surface area contributed by atoms with Gasteiger partial charge in [-0.2, -0.15) is 9.78 Å². The quantitative estimate of drug-likeness (QED) is 0.721. The van der Waals surface area contributed by atoms with E-state index in [1.54, 1.807) is 6.33 Å². The molecule has 1 saturated heterocycles. The Morgan fingerprint density at radius 2 is 1.81 bits per heavy atom. The molecule has 0 bridgehead atoms. The highest BCUT2D eigenvalue weighted by molar-refractivity contribution is 5.68. The molecule has 2 N–H and O–H groups in total. The third kappa shape index (κ3) is 3.58. The van der Waals surface area contributed by atoms with E-state index in [0.717, 1.165) is 41.9 Å². The number of nitrogens with zero attached hydrogens (tertiary/aromatic N) is 5. The summed E-state index contributed by atoms with van der Waals surface area (Å²) in [7, 11) is 1.84. The van der Waals surface area contributed by atoms with Crippen LogP contribution in [0.4, 0.5) is 23.0 Å². The van der Waals surface area contributed by atoms with Gasteiger partial charge in [0.15, 0.2) is 5.82 Å². The molecule has 3 aromatic rings. The first-order chi connectivity index (χ1) is 13.1. The minimum absolute atomic E-state index is 0.721. The summed E-state index contributed by atoms with van der Waals surface area (Å²) in [6.45, 7) is 6.36. The van der Waals surface area contributed by atoms with Crippen molar-refractivity contribution in [2.75, 3.05) is 35.7 Å². The second-order valence-corrected chi connectivity index (χ2v) is 6.91. The molecule has 7 nitrogen and oxygen atoms in total. The van der Waals surface area contributed by atoms with Crippen molar-refractivity contribution >= 4 is 23.0 Å². The molecular formula is C20H25N7. The molecule has 0 saturated carbocycles. The molecule has 4 rings (SSSR count). The van der Waals surface area contributed by atoms with E-state index >= 15 is 0 Å². The van der Waals surface area contributed by atoms with Crippen LogP contribution in [0.25, 0.3) is 5.82 Å². The van der Waals surface area contributed by atoms with Crippen molar-refractivity contribution < 1.29 is 0 Å². The molecule has 0 unspecified atom stereocenters. The average Bonchev–Trinajstić information content (AvgIpc) is 3.33. The van der Waals surface area contributed by atoms with Gasteiger partial charge in [-0.05, 0) is 44.4 Å². The van der Waals surface area contributed by atoms with Crippen molar-refractivity contribution in [3.63, 3.8) is 0 Å². The van der Waals surface area contributed by atoms with E-state index in [0.29, 0.717) is 0 Å². The van der Waals surface area contributed by atoms with Gasteiger partial charge in [0.1, 0.15) is 18.0 Å². The van der Waals surface area contributed by atoms with Crippen LogP contribution in [0.1, 0.15) is 24.1 Å². The standard InChI is InChI=1S/C20H25N7/c1-14-6-7-16(26-8-4-5-9-26)11-17(14)24-20-10-15(2)25-27(20)19-12-18(21-3)22-13-23-19/h6-7,10-13,24H,4-5,8-9H2,1-3H3,(H,21,22,23). The zero-order chi connectivity index (χ0) is 18.8. The summed E-state index contributed by atoms with van der Waals surface area (Å²) in [6.07, 6.45) is 4.08. The molecule has 1 aliphatic rings. The number of anilines is 4. The van der Waals surface area contributed by atoms with Crippen molar-refractivity contribution in [1.82, 2.24) is 19.7 Å². The first-order valence-electron chi connectivity index (χ1n) is 9.33. The van der Waals surface area contributed by atoms with Crippen LogP contribution in [0.3, 0.4) is 0 Å². The van der Waals surface area contributed by atoms with Gasteiger partial charge in [0.05, 0.1) is 5.69 Å². The van der Waals surface area contributed by atoms with E-state index in [4.69, 9.17) is 0 Å². The van der Waals surface area contributed by atoms with Gasteiger partial charge in [-0.15, -0.1) is 0 Å². The molecule has 3 heterocycles. The van der Waals surface area contributed by atoms with Gasteiger partial charge in [0.2, 0.25) is 0 Å². The number of nitrogens with one attached hydrogen (secondary N) is 2. The van der Waals surface area contributed by atoms with Gasteiger partial charge in [0.25, 0.3) is 0 Å². The third-order valence-electron chi connectivity index (χ3n) is 4.91. The molecule has 1 fully saturated rings. The summed E-state index contributed by atoms with van der Waals surface area (Å²) in [5.74, 6) is 2.36. The Kier molecular flexibility index (Phi) is 4.66. The number of hydrogen-bond acceptors (Lipinski definition) is 6. The highest BCUT2D eigenvalue weighted by atomic mass is 15.4. The van der Waals surface area contributed by atoms with E-state index in [1.165, 1.54) is 24.1 Å². The van der Waals surface area contributed by atoms with Crippen LogP contribution in [-0.2, 0) is 0 Å². The number of rotatable bonds is 5. The lowest BCUT2D eigenvalue weighted by Crippen LogP contribution is -2.17. The average molecular weight is 363 g/mol. The van der Waals surface area contributed by atoms with Crippen molar-refractivity contribution in [2.45, 2.75) is 26.7 Å². The maximum Gasteiger partial charge on any atom is 0.161 e. The van der Waals surface area contributed by atoms with Crippen LogP contribution in [0.2, 0.25) is 0 Å². The first-order valence-corrected chi connectivity index (χ1v) is 9.33. The number of hydrogen-bond donors (Lipinski definition) is 2. The predicted molar refractivity (Wildman–Crippen MR) is 109 cm³/mol.